The highest BCUT2D eigenvalue weighted by Gasteiger charge is 2.16. The zero-order valence-corrected chi connectivity index (χ0v) is 11.0. The smallest absolute Gasteiger partial charge is 0.256 e. The summed E-state index contributed by atoms with van der Waals surface area (Å²) in [6.45, 7) is 2.06. The predicted octanol–water partition coefficient (Wildman–Crippen LogP) is 2.36. The third-order valence-electron chi connectivity index (χ3n) is 2.19. The Hall–Kier alpha value is -1.78. The maximum absolute atomic E-state index is 12.1. The minimum Gasteiger partial charge on any atom is -0.314 e. The molecule has 0 aromatic heterocycles. The molecule has 86 valence electrons. The molecule has 0 heterocycles. The second kappa shape index (κ2) is 6.08. The SMILES string of the molecule is C#CCN(CC#N)C(=O)c1ccc(C)cc1Br. The van der Waals surface area contributed by atoms with Crippen LogP contribution in [0.15, 0.2) is 22.7 Å². The molecule has 1 aromatic rings. The Bertz CT molecular complexity index is 495. The van der Waals surface area contributed by atoms with Crippen LogP contribution in [0.3, 0.4) is 0 Å². The van der Waals surface area contributed by atoms with E-state index in [1.807, 2.05) is 25.1 Å². The number of hydrogen-bond donors (Lipinski definition) is 0. The quantitative estimate of drug-likeness (QED) is 0.634. The molecule has 0 saturated carbocycles. The lowest BCUT2D eigenvalue weighted by Gasteiger charge is -2.17. The van der Waals surface area contributed by atoms with Crippen LogP contribution in [0.2, 0.25) is 0 Å². The van der Waals surface area contributed by atoms with Gasteiger partial charge in [-0.3, -0.25) is 4.79 Å². The molecule has 1 aromatic carbocycles. The van der Waals surface area contributed by atoms with Gasteiger partial charge in [0.15, 0.2) is 0 Å². The average Bonchev–Trinajstić information content (AvgIpc) is 2.28. The monoisotopic (exact) mass is 290 g/mol. The summed E-state index contributed by atoms with van der Waals surface area (Å²) in [6, 6.07) is 7.35. The summed E-state index contributed by atoms with van der Waals surface area (Å²) in [4.78, 5) is 13.4. The van der Waals surface area contributed by atoms with Crippen LogP contribution in [0.1, 0.15) is 15.9 Å². The van der Waals surface area contributed by atoms with Crippen molar-refractivity contribution in [2.45, 2.75) is 6.92 Å². The number of carbonyl (C=O) groups excluding carboxylic acids is 1. The average molecular weight is 291 g/mol. The number of rotatable bonds is 3. The van der Waals surface area contributed by atoms with Crippen LogP contribution >= 0.6 is 15.9 Å². The van der Waals surface area contributed by atoms with Crippen LogP contribution in [-0.4, -0.2) is 23.9 Å². The lowest BCUT2D eigenvalue weighted by molar-refractivity contribution is 0.0794. The van der Waals surface area contributed by atoms with E-state index in [1.54, 1.807) is 6.07 Å². The van der Waals surface area contributed by atoms with E-state index in [4.69, 9.17) is 11.7 Å². The Labute approximate surface area is 109 Å². The minimum absolute atomic E-state index is 0.0106. The number of halogens is 1. The van der Waals surface area contributed by atoms with Gasteiger partial charge in [-0.15, -0.1) is 6.42 Å². The maximum atomic E-state index is 12.1. The number of benzene rings is 1. The first-order valence-corrected chi connectivity index (χ1v) is 5.75. The number of terminal acetylenes is 1. The normalized spacial score (nSPS) is 9.18. The zero-order valence-electron chi connectivity index (χ0n) is 9.40. The lowest BCUT2D eigenvalue weighted by Crippen LogP contribution is -2.32. The summed E-state index contributed by atoms with van der Waals surface area (Å²) in [5.74, 6) is 2.13. The van der Waals surface area contributed by atoms with Crippen LogP contribution in [0.25, 0.3) is 0 Å². The third-order valence-corrected chi connectivity index (χ3v) is 2.84. The summed E-state index contributed by atoms with van der Waals surface area (Å²) in [5.41, 5.74) is 1.57. The summed E-state index contributed by atoms with van der Waals surface area (Å²) < 4.78 is 0.711. The predicted molar refractivity (Wildman–Crippen MR) is 69.2 cm³/mol. The molecule has 17 heavy (non-hydrogen) atoms. The molecule has 0 aliphatic heterocycles. The molecule has 0 fully saturated rings. The van der Waals surface area contributed by atoms with Crippen LogP contribution in [0, 0.1) is 30.6 Å². The van der Waals surface area contributed by atoms with Gasteiger partial charge in [0.2, 0.25) is 0 Å². The molecule has 0 saturated heterocycles. The summed E-state index contributed by atoms with van der Waals surface area (Å²) in [6.07, 6.45) is 5.17. The Balaban J connectivity index is 3.02. The van der Waals surface area contributed by atoms with Gasteiger partial charge in [0.1, 0.15) is 6.54 Å². The molecule has 0 spiro atoms. The van der Waals surface area contributed by atoms with Gasteiger partial charge in [-0.2, -0.15) is 5.26 Å². The minimum atomic E-state index is -0.239. The van der Waals surface area contributed by atoms with E-state index in [2.05, 4.69) is 21.9 Å². The Kier molecular flexibility index (Phi) is 4.75. The van der Waals surface area contributed by atoms with Crippen LogP contribution in [-0.2, 0) is 0 Å². The number of amides is 1. The van der Waals surface area contributed by atoms with E-state index in [0.717, 1.165) is 5.56 Å². The van der Waals surface area contributed by atoms with Gasteiger partial charge >= 0.3 is 0 Å². The highest BCUT2D eigenvalue weighted by Crippen LogP contribution is 2.19. The molecular formula is C13H11BrN2O. The van der Waals surface area contributed by atoms with E-state index < -0.39 is 0 Å². The van der Waals surface area contributed by atoms with E-state index in [9.17, 15) is 4.79 Å². The fourth-order valence-electron chi connectivity index (χ4n) is 1.36. The molecule has 0 bridgehead atoms. The molecule has 0 unspecified atom stereocenters. The highest BCUT2D eigenvalue weighted by atomic mass is 79.9. The number of nitrogens with zero attached hydrogens (tertiary/aromatic N) is 2. The van der Waals surface area contributed by atoms with Crippen molar-refractivity contribution in [1.82, 2.24) is 4.90 Å². The molecule has 0 N–H and O–H groups in total. The largest absolute Gasteiger partial charge is 0.314 e. The van der Waals surface area contributed by atoms with Gasteiger partial charge in [0.25, 0.3) is 5.91 Å². The van der Waals surface area contributed by atoms with Crippen molar-refractivity contribution in [2.24, 2.45) is 0 Å². The lowest BCUT2D eigenvalue weighted by atomic mass is 10.1. The van der Waals surface area contributed by atoms with E-state index in [0.29, 0.717) is 10.0 Å². The molecule has 1 amide bonds. The van der Waals surface area contributed by atoms with Gasteiger partial charge in [0.05, 0.1) is 18.2 Å². The van der Waals surface area contributed by atoms with Gasteiger partial charge in [-0.05, 0) is 40.5 Å². The van der Waals surface area contributed by atoms with Gasteiger partial charge in [0, 0.05) is 4.47 Å². The fourth-order valence-corrected chi connectivity index (χ4v) is 2.02. The Morgan fingerprint density at radius 2 is 2.24 bits per heavy atom. The summed E-state index contributed by atoms with van der Waals surface area (Å²) in [5, 5.41) is 8.65. The standard InChI is InChI=1S/C13H11BrN2O/c1-3-7-16(8-6-15)13(17)11-5-4-10(2)9-12(11)14/h1,4-5,9H,7-8H2,2H3. The summed E-state index contributed by atoms with van der Waals surface area (Å²) >= 11 is 3.34. The van der Waals surface area contributed by atoms with Crippen molar-refractivity contribution < 1.29 is 4.79 Å². The van der Waals surface area contributed by atoms with Crippen molar-refractivity contribution in [2.75, 3.05) is 13.1 Å². The van der Waals surface area contributed by atoms with E-state index >= 15 is 0 Å². The second-order valence-corrected chi connectivity index (χ2v) is 4.36. The molecule has 0 atom stereocenters. The molecule has 0 aliphatic carbocycles. The van der Waals surface area contributed by atoms with Crippen molar-refractivity contribution in [3.8, 4) is 18.4 Å². The number of aryl methyl sites for hydroxylation is 1. The Morgan fingerprint density at radius 3 is 2.76 bits per heavy atom. The topological polar surface area (TPSA) is 44.1 Å². The van der Waals surface area contributed by atoms with E-state index in [1.165, 1.54) is 4.90 Å². The van der Waals surface area contributed by atoms with Gasteiger partial charge in [-0.25, -0.2) is 0 Å². The molecule has 0 aliphatic rings. The number of hydrogen-bond acceptors (Lipinski definition) is 2. The van der Waals surface area contributed by atoms with Crippen LogP contribution in [0.5, 0.6) is 0 Å². The molecule has 4 heteroatoms. The van der Waals surface area contributed by atoms with Crippen LogP contribution in [0.4, 0.5) is 0 Å². The fraction of sp³-hybridized carbons (Fsp3) is 0.231. The third kappa shape index (κ3) is 3.34. The zero-order chi connectivity index (χ0) is 12.8. The first-order chi connectivity index (χ1) is 8.10. The molecular weight excluding hydrogens is 280 g/mol. The van der Waals surface area contributed by atoms with Crippen molar-refractivity contribution in [3.63, 3.8) is 0 Å². The highest BCUT2D eigenvalue weighted by molar-refractivity contribution is 9.10. The molecule has 3 nitrogen and oxygen atoms in total. The van der Waals surface area contributed by atoms with Crippen molar-refractivity contribution >= 4 is 21.8 Å². The van der Waals surface area contributed by atoms with Gasteiger partial charge in [-0.1, -0.05) is 12.0 Å². The summed E-state index contributed by atoms with van der Waals surface area (Å²) in [7, 11) is 0. The maximum Gasteiger partial charge on any atom is 0.256 e. The molecule has 1 rings (SSSR count). The number of nitriles is 1. The van der Waals surface area contributed by atoms with Gasteiger partial charge < -0.3 is 4.90 Å². The van der Waals surface area contributed by atoms with E-state index in [-0.39, 0.29) is 19.0 Å². The Morgan fingerprint density at radius 1 is 1.53 bits per heavy atom. The van der Waals surface area contributed by atoms with Crippen molar-refractivity contribution in [1.29, 1.82) is 5.26 Å². The van der Waals surface area contributed by atoms with Crippen LogP contribution < -0.4 is 0 Å². The number of carbonyl (C=O) groups is 1. The van der Waals surface area contributed by atoms with Crippen molar-refractivity contribution in [3.05, 3.63) is 33.8 Å². The first-order valence-electron chi connectivity index (χ1n) is 4.96. The first kappa shape index (κ1) is 13.3. The molecule has 0 radical (unpaired) electrons. The second-order valence-electron chi connectivity index (χ2n) is 3.51.